The fraction of sp³-hybridized carbons (Fsp3) is 0.893. The van der Waals surface area contributed by atoms with E-state index in [1.54, 1.807) is 0 Å². The fourth-order valence-electron chi connectivity index (χ4n) is 4.93. The highest BCUT2D eigenvalue weighted by atomic mass is 35.5. The summed E-state index contributed by atoms with van der Waals surface area (Å²) < 4.78 is 0. The molecular formula is C28H53ClN2O. The highest BCUT2D eigenvalue weighted by molar-refractivity contribution is 6.64. The molecule has 0 aromatic heterocycles. The van der Waals surface area contributed by atoms with Crippen LogP contribution in [0.1, 0.15) is 106 Å². The van der Waals surface area contributed by atoms with Crippen LogP contribution in [0.3, 0.4) is 0 Å². The van der Waals surface area contributed by atoms with Crippen molar-refractivity contribution < 1.29 is 4.79 Å². The van der Waals surface area contributed by atoms with E-state index in [1.807, 2.05) is 0 Å². The molecule has 1 fully saturated rings. The number of nitrogens with one attached hydrogen (secondary N) is 1. The van der Waals surface area contributed by atoms with Crippen molar-refractivity contribution in [2.24, 2.45) is 29.1 Å². The van der Waals surface area contributed by atoms with E-state index in [0.29, 0.717) is 17.4 Å². The van der Waals surface area contributed by atoms with Gasteiger partial charge in [-0.15, -0.1) is 0 Å². The predicted molar refractivity (Wildman–Crippen MR) is 141 cm³/mol. The number of hydrogen-bond acceptors (Lipinski definition) is 3. The number of rotatable bonds is 16. The highest BCUT2D eigenvalue weighted by Gasteiger charge is 2.25. The van der Waals surface area contributed by atoms with Gasteiger partial charge in [0.2, 0.25) is 5.24 Å². The van der Waals surface area contributed by atoms with Crippen molar-refractivity contribution >= 4 is 16.8 Å². The van der Waals surface area contributed by atoms with E-state index in [2.05, 4.69) is 65.3 Å². The molecule has 0 saturated carbocycles. The first-order valence-corrected chi connectivity index (χ1v) is 13.6. The summed E-state index contributed by atoms with van der Waals surface area (Å²) in [6, 6.07) is 0.691. The minimum Gasteiger partial charge on any atom is -0.389 e. The van der Waals surface area contributed by atoms with Crippen molar-refractivity contribution in [3.8, 4) is 0 Å². The summed E-state index contributed by atoms with van der Waals surface area (Å²) in [5.41, 5.74) is 1.47. The van der Waals surface area contributed by atoms with Crippen molar-refractivity contribution in [3.05, 3.63) is 12.3 Å². The number of allylic oxidation sites excluding steroid dienone is 1. The van der Waals surface area contributed by atoms with Crippen molar-refractivity contribution in [1.82, 2.24) is 10.2 Å². The van der Waals surface area contributed by atoms with Gasteiger partial charge in [0.05, 0.1) is 0 Å². The van der Waals surface area contributed by atoms with Gasteiger partial charge < -0.3 is 10.2 Å². The summed E-state index contributed by atoms with van der Waals surface area (Å²) >= 11 is 5.73. The molecule has 1 saturated heterocycles. The van der Waals surface area contributed by atoms with Crippen LogP contribution in [-0.4, -0.2) is 35.8 Å². The first-order chi connectivity index (χ1) is 14.9. The number of hydrogen-bond donors (Lipinski definition) is 1. The van der Waals surface area contributed by atoms with Gasteiger partial charge >= 0.3 is 0 Å². The predicted octanol–water partition coefficient (Wildman–Crippen LogP) is 7.64. The van der Waals surface area contributed by atoms with Crippen LogP contribution in [0.15, 0.2) is 12.3 Å². The minimum absolute atomic E-state index is 0.0709. The first kappa shape index (κ1) is 29.5. The van der Waals surface area contributed by atoms with Crippen LogP contribution >= 0.6 is 11.6 Å². The molecule has 0 bridgehead atoms. The zero-order chi connectivity index (χ0) is 24.3. The van der Waals surface area contributed by atoms with Gasteiger partial charge in [0, 0.05) is 30.7 Å². The zero-order valence-electron chi connectivity index (χ0n) is 22.3. The second-order valence-corrected chi connectivity index (χ2v) is 12.3. The summed E-state index contributed by atoms with van der Waals surface area (Å²) in [5.74, 6) is 1.82. The maximum Gasteiger partial charge on any atom is 0.224 e. The number of likely N-dealkylation sites (tertiary alicyclic amines) is 1. The second kappa shape index (κ2) is 14.7. The molecule has 4 heteroatoms. The molecule has 1 rings (SSSR count). The second-order valence-electron chi connectivity index (χ2n) is 12.0. The Kier molecular flexibility index (Phi) is 13.5. The number of piperidine rings is 1. The molecule has 0 radical (unpaired) electrons. The number of halogens is 1. The Morgan fingerprint density at radius 1 is 1.12 bits per heavy atom. The topological polar surface area (TPSA) is 32.3 Å². The fourth-order valence-corrected chi connectivity index (χ4v) is 5.29. The maximum absolute atomic E-state index is 11.5. The Labute approximate surface area is 205 Å². The summed E-state index contributed by atoms with van der Waals surface area (Å²) in [6.07, 6.45) is 10.9. The standard InChI is InChI=1S/C28H53ClN2O/c1-21(2)26(27(29)32)12-11-24(6)30-18-15-23(5)13-16-28(7,8)17-14-25-10-9-19-31(20-25)22(3)4/h21-23,25-26,30H,6,9-20H2,1-5,7-8H3. The largest absolute Gasteiger partial charge is 0.389 e. The summed E-state index contributed by atoms with van der Waals surface area (Å²) in [4.78, 5) is 14.2. The van der Waals surface area contributed by atoms with Gasteiger partial charge in [-0.1, -0.05) is 47.6 Å². The quantitative estimate of drug-likeness (QED) is 0.236. The van der Waals surface area contributed by atoms with Gasteiger partial charge in [-0.05, 0) is 107 Å². The van der Waals surface area contributed by atoms with E-state index in [1.165, 1.54) is 58.0 Å². The molecule has 0 spiro atoms. The lowest BCUT2D eigenvalue weighted by Gasteiger charge is -2.37. The number of nitrogens with zero attached hydrogens (tertiary/aromatic N) is 1. The molecule has 0 amide bonds. The van der Waals surface area contributed by atoms with Gasteiger partial charge in [0.25, 0.3) is 0 Å². The van der Waals surface area contributed by atoms with Gasteiger partial charge in [-0.25, -0.2) is 0 Å². The smallest absolute Gasteiger partial charge is 0.224 e. The minimum atomic E-state index is -0.218. The van der Waals surface area contributed by atoms with Crippen LogP contribution in [0.25, 0.3) is 0 Å². The Bertz CT molecular complexity index is 558. The van der Waals surface area contributed by atoms with Crippen LogP contribution < -0.4 is 5.32 Å². The van der Waals surface area contributed by atoms with Gasteiger partial charge in [0.1, 0.15) is 0 Å². The van der Waals surface area contributed by atoms with E-state index in [9.17, 15) is 4.79 Å². The van der Waals surface area contributed by atoms with Crippen molar-refractivity contribution in [1.29, 1.82) is 0 Å². The maximum atomic E-state index is 11.5. The van der Waals surface area contributed by atoms with Crippen LogP contribution in [0, 0.1) is 29.1 Å². The Morgan fingerprint density at radius 2 is 1.81 bits per heavy atom. The molecule has 3 unspecified atom stereocenters. The van der Waals surface area contributed by atoms with Crippen LogP contribution in [0.2, 0.25) is 0 Å². The van der Waals surface area contributed by atoms with Crippen molar-refractivity contribution in [3.63, 3.8) is 0 Å². The van der Waals surface area contributed by atoms with E-state index in [0.717, 1.165) is 31.0 Å². The third kappa shape index (κ3) is 12.1. The Balaban J connectivity index is 2.22. The summed E-state index contributed by atoms with van der Waals surface area (Å²) in [7, 11) is 0. The lowest BCUT2D eigenvalue weighted by Crippen LogP contribution is -2.40. The number of carbonyl (C=O) groups excluding carboxylic acids is 1. The van der Waals surface area contributed by atoms with Crippen LogP contribution in [-0.2, 0) is 4.79 Å². The third-order valence-electron chi connectivity index (χ3n) is 7.69. The zero-order valence-corrected chi connectivity index (χ0v) is 23.1. The van der Waals surface area contributed by atoms with E-state index >= 15 is 0 Å². The normalized spacial score (nSPS) is 19.9. The average molecular weight is 469 g/mol. The lowest BCUT2D eigenvalue weighted by molar-refractivity contribution is -0.116. The molecule has 0 aromatic carbocycles. The number of carbonyl (C=O) groups is 1. The molecular weight excluding hydrogens is 416 g/mol. The van der Waals surface area contributed by atoms with Gasteiger partial charge in [-0.2, -0.15) is 0 Å². The molecule has 1 N–H and O–H groups in total. The average Bonchev–Trinajstić information content (AvgIpc) is 2.71. The lowest BCUT2D eigenvalue weighted by atomic mass is 9.78. The van der Waals surface area contributed by atoms with E-state index in [4.69, 9.17) is 11.6 Å². The monoisotopic (exact) mass is 468 g/mol. The molecule has 32 heavy (non-hydrogen) atoms. The molecule has 1 heterocycles. The molecule has 188 valence electrons. The van der Waals surface area contributed by atoms with Gasteiger partial charge in [-0.3, -0.25) is 4.79 Å². The Morgan fingerprint density at radius 3 is 2.41 bits per heavy atom. The van der Waals surface area contributed by atoms with E-state index in [-0.39, 0.29) is 17.1 Å². The molecule has 1 aliphatic rings. The molecule has 3 atom stereocenters. The summed E-state index contributed by atoms with van der Waals surface area (Å²) in [6.45, 7) is 23.8. The highest BCUT2D eigenvalue weighted by Crippen LogP contribution is 2.34. The van der Waals surface area contributed by atoms with E-state index < -0.39 is 0 Å². The first-order valence-electron chi connectivity index (χ1n) is 13.3. The summed E-state index contributed by atoms with van der Waals surface area (Å²) in [5, 5.41) is 3.25. The van der Waals surface area contributed by atoms with Crippen molar-refractivity contribution in [2.75, 3.05) is 19.6 Å². The van der Waals surface area contributed by atoms with Crippen molar-refractivity contribution in [2.45, 2.75) is 112 Å². The van der Waals surface area contributed by atoms with Crippen LogP contribution in [0.5, 0.6) is 0 Å². The van der Waals surface area contributed by atoms with Gasteiger partial charge in [0.15, 0.2) is 0 Å². The molecule has 1 aliphatic heterocycles. The Hall–Kier alpha value is -0.540. The molecule has 0 aromatic rings. The third-order valence-corrected chi connectivity index (χ3v) is 7.97. The van der Waals surface area contributed by atoms with Crippen LogP contribution in [0.4, 0.5) is 0 Å². The molecule has 3 nitrogen and oxygen atoms in total. The SMILES string of the molecule is C=C(CCC(C(=O)Cl)C(C)C)NCCC(C)CCC(C)(C)CCC1CCCN(C(C)C)C1. The molecule has 0 aliphatic carbocycles.